The van der Waals surface area contributed by atoms with E-state index in [9.17, 15) is 9.90 Å². The molecule has 0 radical (unpaired) electrons. The van der Waals surface area contributed by atoms with Crippen molar-refractivity contribution in [2.24, 2.45) is 0 Å². The van der Waals surface area contributed by atoms with Crippen molar-refractivity contribution in [1.29, 1.82) is 0 Å². The Hall–Kier alpha value is -3.09. The topological polar surface area (TPSA) is 75.6 Å². The van der Waals surface area contributed by atoms with Crippen LogP contribution in [0.2, 0.25) is 0 Å². The number of hydrogen-bond acceptors (Lipinski definition) is 5. The predicted octanol–water partition coefficient (Wildman–Crippen LogP) is 4.27. The summed E-state index contributed by atoms with van der Waals surface area (Å²) in [7, 11) is 0. The van der Waals surface area contributed by atoms with Gasteiger partial charge in [-0.05, 0) is 58.3 Å². The maximum Gasteiger partial charge on any atom is 0.251 e. The van der Waals surface area contributed by atoms with Gasteiger partial charge < -0.3 is 19.3 Å². The van der Waals surface area contributed by atoms with Gasteiger partial charge in [0.1, 0.15) is 5.76 Å². The molecule has 4 rings (SSSR count). The second-order valence-corrected chi connectivity index (χ2v) is 6.90. The molecule has 0 aliphatic heterocycles. The van der Waals surface area contributed by atoms with Crippen molar-refractivity contribution in [2.45, 2.75) is 5.60 Å². The van der Waals surface area contributed by atoms with E-state index >= 15 is 0 Å². The SMILES string of the molecule is O=C(NC[C@](O)(c1ccoc1)c1ccco1)c1ccc(-c2ccsc2)cc1. The highest BCUT2D eigenvalue weighted by atomic mass is 32.1. The molecule has 0 unspecified atom stereocenters. The molecule has 1 amide bonds. The second-order valence-electron chi connectivity index (χ2n) is 6.12. The monoisotopic (exact) mass is 379 g/mol. The molecule has 0 fully saturated rings. The Kier molecular flexibility index (Phi) is 4.66. The third-order valence-electron chi connectivity index (χ3n) is 4.43. The summed E-state index contributed by atoms with van der Waals surface area (Å²) in [6, 6.07) is 14.4. The number of amides is 1. The Morgan fingerprint density at radius 2 is 1.93 bits per heavy atom. The minimum absolute atomic E-state index is 0.0504. The standard InChI is InChI=1S/C21H17NO4S/c23-20(16-5-3-15(4-6-16)17-8-11-27-13-17)22-14-21(24,18-7-10-25-12-18)19-2-1-9-26-19/h1-13,24H,14H2,(H,22,23)/t21-/m0/s1. The molecule has 1 aromatic carbocycles. The first-order chi connectivity index (χ1) is 13.2. The van der Waals surface area contributed by atoms with Crippen LogP contribution in [0.4, 0.5) is 0 Å². The summed E-state index contributed by atoms with van der Waals surface area (Å²) in [5.74, 6) is 0.0531. The highest BCUT2D eigenvalue weighted by Gasteiger charge is 2.36. The van der Waals surface area contributed by atoms with Gasteiger partial charge in [-0.2, -0.15) is 11.3 Å². The van der Waals surface area contributed by atoms with Gasteiger partial charge in [-0.15, -0.1) is 0 Å². The molecule has 3 aromatic heterocycles. The van der Waals surface area contributed by atoms with E-state index in [2.05, 4.69) is 10.7 Å². The lowest BCUT2D eigenvalue weighted by molar-refractivity contribution is 0.0520. The van der Waals surface area contributed by atoms with Gasteiger partial charge in [-0.3, -0.25) is 4.79 Å². The Morgan fingerprint density at radius 3 is 2.56 bits per heavy atom. The van der Waals surface area contributed by atoms with Crippen LogP contribution in [0, 0.1) is 0 Å². The number of furan rings is 2. The maximum atomic E-state index is 12.6. The molecule has 2 N–H and O–H groups in total. The van der Waals surface area contributed by atoms with Crippen LogP contribution in [-0.2, 0) is 5.60 Å². The van der Waals surface area contributed by atoms with Crippen LogP contribution >= 0.6 is 11.3 Å². The van der Waals surface area contributed by atoms with Crippen LogP contribution in [0.5, 0.6) is 0 Å². The summed E-state index contributed by atoms with van der Waals surface area (Å²) < 4.78 is 10.5. The molecule has 5 nitrogen and oxygen atoms in total. The Morgan fingerprint density at radius 1 is 1.07 bits per heavy atom. The average molecular weight is 379 g/mol. The van der Waals surface area contributed by atoms with Crippen LogP contribution in [0.25, 0.3) is 11.1 Å². The number of rotatable bonds is 6. The van der Waals surface area contributed by atoms with E-state index in [0.29, 0.717) is 16.9 Å². The van der Waals surface area contributed by atoms with Gasteiger partial charge in [0.15, 0.2) is 5.60 Å². The lowest BCUT2D eigenvalue weighted by Crippen LogP contribution is -2.41. The molecule has 0 saturated heterocycles. The third kappa shape index (κ3) is 3.45. The zero-order chi connectivity index (χ0) is 18.7. The fraction of sp³-hybridized carbons (Fsp3) is 0.0952. The highest BCUT2D eigenvalue weighted by molar-refractivity contribution is 7.08. The van der Waals surface area contributed by atoms with Crippen molar-refractivity contribution in [1.82, 2.24) is 5.32 Å². The minimum atomic E-state index is -1.51. The molecule has 0 aliphatic rings. The van der Waals surface area contributed by atoms with Gasteiger partial charge in [0, 0.05) is 11.1 Å². The number of aliphatic hydroxyl groups is 1. The second kappa shape index (κ2) is 7.26. The van der Waals surface area contributed by atoms with Gasteiger partial charge in [0.05, 0.1) is 25.3 Å². The number of hydrogen-bond donors (Lipinski definition) is 2. The number of carbonyl (C=O) groups is 1. The quantitative estimate of drug-likeness (QED) is 0.525. The third-order valence-corrected chi connectivity index (χ3v) is 5.12. The Balaban J connectivity index is 1.50. The van der Waals surface area contributed by atoms with Crippen molar-refractivity contribution < 1.29 is 18.7 Å². The van der Waals surface area contributed by atoms with Gasteiger partial charge in [-0.25, -0.2) is 0 Å². The summed E-state index contributed by atoms with van der Waals surface area (Å²) in [6.45, 7) is -0.0504. The summed E-state index contributed by atoms with van der Waals surface area (Å²) in [4.78, 5) is 12.6. The largest absolute Gasteiger partial charge is 0.472 e. The molecule has 6 heteroatoms. The smallest absolute Gasteiger partial charge is 0.251 e. The maximum absolute atomic E-state index is 12.6. The number of benzene rings is 1. The van der Waals surface area contributed by atoms with Gasteiger partial charge in [-0.1, -0.05) is 12.1 Å². The first kappa shape index (κ1) is 17.3. The highest BCUT2D eigenvalue weighted by Crippen LogP contribution is 2.30. The fourth-order valence-corrected chi connectivity index (χ4v) is 3.56. The van der Waals surface area contributed by atoms with Crippen LogP contribution in [0.15, 0.2) is 86.9 Å². The summed E-state index contributed by atoms with van der Waals surface area (Å²) >= 11 is 1.63. The first-order valence-corrected chi connectivity index (χ1v) is 9.31. The fourth-order valence-electron chi connectivity index (χ4n) is 2.90. The van der Waals surface area contributed by atoms with E-state index in [4.69, 9.17) is 8.83 Å². The molecule has 0 saturated carbocycles. The van der Waals surface area contributed by atoms with Crippen molar-refractivity contribution in [3.05, 3.63) is 95.0 Å². The van der Waals surface area contributed by atoms with Crippen molar-refractivity contribution >= 4 is 17.2 Å². The molecule has 0 spiro atoms. The summed E-state index contributed by atoms with van der Waals surface area (Å²) in [5, 5.41) is 18.0. The average Bonchev–Trinajstić information content (AvgIpc) is 3.47. The van der Waals surface area contributed by atoms with Gasteiger partial charge >= 0.3 is 0 Å². The summed E-state index contributed by atoms with van der Waals surface area (Å²) in [6.07, 6.45) is 4.38. The van der Waals surface area contributed by atoms with Gasteiger partial charge in [0.2, 0.25) is 0 Å². The van der Waals surface area contributed by atoms with E-state index in [-0.39, 0.29) is 12.5 Å². The van der Waals surface area contributed by atoms with E-state index in [1.165, 1.54) is 18.8 Å². The molecule has 0 aliphatic carbocycles. The molecular weight excluding hydrogens is 362 g/mol. The van der Waals surface area contributed by atoms with E-state index in [0.717, 1.165) is 11.1 Å². The number of carbonyl (C=O) groups excluding carboxylic acids is 1. The van der Waals surface area contributed by atoms with Crippen molar-refractivity contribution in [3.63, 3.8) is 0 Å². The van der Waals surface area contributed by atoms with Gasteiger partial charge in [0.25, 0.3) is 5.91 Å². The normalized spacial score (nSPS) is 13.2. The van der Waals surface area contributed by atoms with Crippen molar-refractivity contribution in [3.8, 4) is 11.1 Å². The predicted molar refractivity (Wildman–Crippen MR) is 103 cm³/mol. The van der Waals surface area contributed by atoms with Crippen LogP contribution in [0.3, 0.4) is 0 Å². The Bertz CT molecular complexity index is 953. The zero-order valence-electron chi connectivity index (χ0n) is 14.3. The van der Waals surface area contributed by atoms with E-state index < -0.39 is 5.60 Å². The van der Waals surface area contributed by atoms with Crippen LogP contribution < -0.4 is 5.32 Å². The number of thiophene rings is 1. The lowest BCUT2D eigenvalue weighted by atomic mass is 9.93. The van der Waals surface area contributed by atoms with Crippen molar-refractivity contribution in [2.75, 3.05) is 6.54 Å². The van der Waals surface area contributed by atoms with E-state index in [1.54, 1.807) is 41.7 Å². The lowest BCUT2D eigenvalue weighted by Gasteiger charge is -2.25. The summed E-state index contributed by atoms with van der Waals surface area (Å²) in [5.41, 5.74) is 1.69. The molecule has 0 bridgehead atoms. The molecule has 136 valence electrons. The van der Waals surface area contributed by atoms with Crippen LogP contribution in [0.1, 0.15) is 21.7 Å². The Labute approximate surface area is 159 Å². The number of nitrogens with one attached hydrogen (secondary N) is 1. The van der Waals surface area contributed by atoms with E-state index in [1.807, 2.05) is 23.6 Å². The first-order valence-electron chi connectivity index (χ1n) is 8.37. The molecule has 3 heterocycles. The van der Waals surface area contributed by atoms with Crippen LogP contribution in [-0.4, -0.2) is 17.6 Å². The zero-order valence-corrected chi connectivity index (χ0v) is 15.1. The molecule has 27 heavy (non-hydrogen) atoms. The molecule has 4 aromatic rings. The minimum Gasteiger partial charge on any atom is -0.472 e. The molecule has 1 atom stereocenters. The molecular formula is C21H17NO4S.